The second kappa shape index (κ2) is 15.5. The van der Waals surface area contributed by atoms with Crippen molar-refractivity contribution in [3.05, 3.63) is 101 Å². The highest BCUT2D eigenvalue weighted by Crippen LogP contribution is 2.42. The molecular weight excluding hydrogens is 601 g/mol. The van der Waals surface area contributed by atoms with Crippen molar-refractivity contribution in [2.45, 2.75) is 35.9 Å². The predicted octanol–water partition coefficient (Wildman–Crippen LogP) is 4.74. The average Bonchev–Trinajstić information content (AvgIpc) is 3.52. The molecule has 2 aromatic carbocycles. The Hall–Kier alpha value is -4.16. The topological polar surface area (TPSA) is 129 Å². The summed E-state index contributed by atoms with van der Waals surface area (Å²) >= 11 is 1.30. The van der Waals surface area contributed by atoms with Crippen LogP contribution in [0.5, 0.6) is 0 Å². The van der Waals surface area contributed by atoms with Crippen molar-refractivity contribution >= 4 is 24.0 Å². The van der Waals surface area contributed by atoms with Gasteiger partial charge in [-0.1, -0.05) is 24.3 Å². The summed E-state index contributed by atoms with van der Waals surface area (Å²) in [6.07, 6.45) is 7.23. The number of aromatic nitrogens is 3. The first kappa shape index (κ1) is 32.7. The van der Waals surface area contributed by atoms with Gasteiger partial charge in [0.25, 0.3) is 0 Å². The summed E-state index contributed by atoms with van der Waals surface area (Å²) in [4.78, 5) is 16.6. The average molecular weight is 631 g/mol. The van der Waals surface area contributed by atoms with E-state index in [2.05, 4.69) is 10.1 Å². The molecule has 10 nitrogen and oxygen atoms in total. The van der Waals surface area contributed by atoms with E-state index in [9.17, 15) is 13.6 Å². The van der Waals surface area contributed by atoms with Crippen LogP contribution in [-0.4, -0.2) is 69.2 Å². The number of aliphatic hydroxyl groups excluding tert-OH is 1. The molecule has 14 heteroatoms. The lowest BCUT2D eigenvalue weighted by Crippen LogP contribution is -2.47. The zero-order chi connectivity index (χ0) is 31.5. The van der Waals surface area contributed by atoms with E-state index in [1.54, 1.807) is 31.2 Å². The summed E-state index contributed by atoms with van der Waals surface area (Å²) in [7, 11) is 0. The van der Waals surface area contributed by atoms with E-state index in [0.717, 1.165) is 12.1 Å². The largest absolute Gasteiger partial charge is 0.509 e. The number of thioether (sulfide) groups is 1. The highest BCUT2D eigenvalue weighted by atomic mass is 32.2. The second-order valence-electron chi connectivity index (χ2n) is 9.56. The molecule has 0 bridgehead atoms. The molecule has 232 valence electrons. The van der Waals surface area contributed by atoms with E-state index in [-0.39, 0.29) is 42.7 Å². The zero-order valence-corrected chi connectivity index (χ0v) is 24.3. The Labute approximate surface area is 255 Å². The van der Waals surface area contributed by atoms with Crippen molar-refractivity contribution in [1.82, 2.24) is 14.8 Å². The van der Waals surface area contributed by atoms with Crippen LogP contribution in [0.4, 0.5) is 18.0 Å². The van der Waals surface area contributed by atoms with Crippen LogP contribution in [0.3, 0.4) is 0 Å². The summed E-state index contributed by atoms with van der Waals surface area (Å²) in [5, 5.41) is 21.1. The fourth-order valence-corrected chi connectivity index (χ4v) is 5.79. The number of benzene rings is 2. The Morgan fingerprint density at radius 3 is 2.68 bits per heavy atom. The third-order valence-electron chi connectivity index (χ3n) is 6.56. The number of nitriles is 1. The van der Waals surface area contributed by atoms with Crippen LogP contribution < -0.4 is 0 Å². The Bertz CT molecular complexity index is 1510. The van der Waals surface area contributed by atoms with Crippen molar-refractivity contribution < 1.29 is 42.0 Å². The molecule has 2 atom stereocenters. The predicted molar refractivity (Wildman–Crippen MR) is 153 cm³/mol. The molecule has 0 amide bonds. The minimum absolute atomic E-state index is 0.112. The minimum Gasteiger partial charge on any atom is -0.432 e. The van der Waals surface area contributed by atoms with Gasteiger partial charge in [-0.05, 0) is 37.3 Å². The number of rotatable bonds is 12. The van der Waals surface area contributed by atoms with Crippen molar-refractivity contribution in [2.24, 2.45) is 0 Å². The second-order valence-corrected chi connectivity index (χ2v) is 11.2. The first-order valence-electron chi connectivity index (χ1n) is 13.4. The van der Waals surface area contributed by atoms with Gasteiger partial charge in [0.1, 0.15) is 36.7 Å². The molecular formula is C30H29F3N4O6S. The van der Waals surface area contributed by atoms with E-state index in [4.69, 9.17) is 29.3 Å². The first-order chi connectivity index (χ1) is 21.2. The Balaban J connectivity index is 1.47. The number of allylic oxidation sites excluding steroid dienone is 2. The quantitative estimate of drug-likeness (QED) is 0.221. The maximum atomic E-state index is 15.3. The lowest BCUT2D eigenvalue weighted by Gasteiger charge is -2.40. The monoisotopic (exact) mass is 630 g/mol. The number of ether oxygens (including phenoxy) is 4. The third kappa shape index (κ3) is 8.48. The van der Waals surface area contributed by atoms with Gasteiger partial charge in [-0.3, -0.25) is 0 Å². The van der Waals surface area contributed by atoms with Crippen LogP contribution in [0.1, 0.15) is 23.6 Å². The van der Waals surface area contributed by atoms with Crippen LogP contribution in [0.15, 0.2) is 67.3 Å². The van der Waals surface area contributed by atoms with E-state index in [1.807, 2.05) is 6.07 Å². The van der Waals surface area contributed by atoms with E-state index >= 15 is 4.39 Å². The molecule has 3 aromatic rings. The van der Waals surface area contributed by atoms with E-state index in [0.29, 0.717) is 11.6 Å². The number of nitrogens with zero attached hydrogens (tertiary/aromatic N) is 4. The summed E-state index contributed by atoms with van der Waals surface area (Å²) in [5.41, 5.74) is -1.32. The number of carbonyl (C=O) groups excluding carboxylic acids is 1. The van der Waals surface area contributed by atoms with Gasteiger partial charge < -0.3 is 24.1 Å². The molecule has 1 fully saturated rings. The number of aliphatic hydroxyl groups is 1. The lowest BCUT2D eigenvalue weighted by molar-refractivity contribution is -0.146. The molecule has 2 heterocycles. The Morgan fingerprint density at radius 2 is 2.02 bits per heavy atom. The Kier molecular flexibility index (Phi) is 11.6. The minimum atomic E-state index is -1.76. The SMILES string of the molecule is C[C@@H](SC1COC(C=CC=Cc2ccc(C#N)cc2F)OC1)[C@@](Cn1cncn1)(OC(=O)OCCO)c1ccc(F)cc1F. The molecule has 0 unspecified atom stereocenters. The molecule has 1 aromatic heterocycles. The van der Waals surface area contributed by atoms with Crippen LogP contribution >= 0.6 is 11.8 Å². The first-order valence-corrected chi connectivity index (χ1v) is 14.4. The summed E-state index contributed by atoms with van der Waals surface area (Å²) in [6, 6.07) is 9.01. The lowest BCUT2D eigenvalue weighted by atomic mass is 9.89. The molecule has 0 radical (unpaired) electrons. The van der Waals surface area contributed by atoms with Crippen molar-refractivity contribution in [3.63, 3.8) is 0 Å². The fourth-order valence-electron chi connectivity index (χ4n) is 4.43. The van der Waals surface area contributed by atoms with E-state index < -0.39 is 47.4 Å². The van der Waals surface area contributed by atoms with Gasteiger partial charge in [0.2, 0.25) is 0 Å². The van der Waals surface area contributed by atoms with Crippen molar-refractivity contribution in [1.29, 1.82) is 5.26 Å². The number of halogens is 3. The highest BCUT2D eigenvalue weighted by molar-refractivity contribution is 8.00. The molecule has 0 spiro atoms. The Morgan fingerprint density at radius 1 is 1.23 bits per heavy atom. The van der Waals surface area contributed by atoms with Gasteiger partial charge in [0.15, 0.2) is 11.9 Å². The van der Waals surface area contributed by atoms with Crippen LogP contribution in [0.2, 0.25) is 0 Å². The summed E-state index contributed by atoms with van der Waals surface area (Å²) in [5.74, 6) is -2.27. The number of hydrogen-bond acceptors (Lipinski definition) is 10. The normalized spacial score (nSPS) is 19.0. The summed E-state index contributed by atoms with van der Waals surface area (Å²) < 4.78 is 67.0. The molecule has 44 heavy (non-hydrogen) atoms. The molecule has 1 N–H and O–H groups in total. The van der Waals surface area contributed by atoms with Gasteiger partial charge >= 0.3 is 6.16 Å². The van der Waals surface area contributed by atoms with Crippen molar-refractivity contribution in [2.75, 3.05) is 26.4 Å². The fraction of sp³-hybridized carbons (Fsp3) is 0.333. The van der Waals surface area contributed by atoms with Gasteiger partial charge in [-0.25, -0.2) is 27.6 Å². The van der Waals surface area contributed by atoms with Crippen molar-refractivity contribution in [3.8, 4) is 6.07 Å². The molecule has 1 aliphatic rings. The molecule has 0 saturated carbocycles. The van der Waals surface area contributed by atoms with Crippen LogP contribution in [0.25, 0.3) is 6.08 Å². The molecule has 1 aliphatic heterocycles. The van der Waals surface area contributed by atoms with Crippen LogP contribution in [-0.2, 0) is 31.1 Å². The van der Waals surface area contributed by atoms with Crippen LogP contribution in [0, 0.1) is 28.8 Å². The summed E-state index contributed by atoms with van der Waals surface area (Å²) in [6.45, 7) is 1.17. The van der Waals surface area contributed by atoms with Gasteiger partial charge in [0, 0.05) is 22.4 Å². The zero-order valence-electron chi connectivity index (χ0n) is 23.5. The maximum Gasteiger partial charge on any atom is 0.509 e. The molecule has 0 aliphatic carbocycles. The third-order valence-corrected chi connectivity index (χ3v) is 8.00. The standard InChI is InChI=1S/C30H29F3N4O6S/c1-20(44-24-15-41-28(42-16-24)5-3-2-4-22-7-6-21(14-34)12-26(22)32)30(17-37-19-35-18-36-37,43-29(39)40-11-10-38)25-9-8-23(31)13-27(25)33/h2-9,12-13,18-20,24,28,38H,10-11,15-17H2,1H3/t20-,24?,28?,30-/m1/s1. The smallest absolute Gasteiger partial charge is 0.432 e. The maximum absolute atomic E-state index is 15.3. The number of carbonyl (C=O) groups is 1. The van der Waals surface area contributed by atoms with Gasteiger partial charge in [-0.15, -0.1) is 11.8 Å². The number of hydrogen-bond donors (Lipinski definition) is 1. The molecule has 4 rings (SSSR count). The van der Waals surface area contributed by atoms with E-state index in [1.165, 1.54) is 47.3 Å². The highest BCUT2D eigenvalue weighted by Gasteiger charge is 2.47. The van der Waals surface area contributed by atoms with Gasteiger partial charge in [0.05, 0.1) is 43.2 Å². The molecule has 1 saturated heterocycles. The van der Waals surface area contributed by atoms with Gasteiger partial charge in [-0.2, -0.15) is 10.4 Å².